The molecule has 0 heterocycles. The van der Waals surface area contributed by atoms with Crippen LogP contribution < -0.4 is 5.32 Å². The van der Waals surface area contributed by atoms with Crippen molar-refractivity contribution >= 4 is 5.91 Å². The molecule has 2 fully saturated rings. The highest BCUT2D eigenvalue weighted by molar-refractivity contribution is 5.78. The Hall–Kier alpha value is -0.530. The lowest BCUT2D eigenvalue weighted by Gasteiger charge is -2.19. The van der Waals surface area contributed by atoms with E-state index in [0.29, 0.717) is 5.92 Å². The predicted octanol–water partition coefficient (Wildman–Crippen LogP) is 2.58. The van der Waals surface area contributed by atoms with E-state index in [4.69, 9.17) is 0 Å². The first-order chi connectivity index (χ1) is 7.22. The monoisotopic (exact) mass is 209 g/mol. The number of amides is 1. The molecule has 1 amide bonds. The van der Waals surface area contributed by atoms with Crippen molar-refractivity contribution < 1.29 is 4.79 Å². The van der Waals surface area contributed by atoms with E-state index in [0.717, 1.165) is 18.4 Å². The first-order valence-corrected chi connectivity index (χ1v) is 6.50. The van der Waals surface area contributed by atoms with Crippen LogP contribution in [0.4, 0.5) is 0 Å². The molecule has 2 nitrogen and oxygen atoms in total. The van der Waals surface area contributed by atoms with E-state index in [-0.39, 0.29) is 11.8 Å². The molecule has 0 aliphatic heterocycles. The summed E-state index contributed by atoms with van der Waals surface area (Å²) in [6.45, 7) is 4.87. The molecule has 1 unspecified atom stereocenters. The summed E-state index contributed by atoms with van der Waals surface area (Å²) in [4.78, 5) is 11.7. The molecule has 0 bridgehead atoms. The average molecular weight is 209 g/mol. The lowest BCUT2D eigenvalue weighted by atomic mass is 9.89. The Morgan fingerprint density at radius 2 is 1.93 bits per heavy atom. The number of fused-ring (bicyclic) bond motifs is 1. The standard InChI is InChI=1S/C13H23NO/c1-3-14-13(15)9(2)12-7-10-5-4-6-11(10)8-12/h9-12H,3-8H2,1-2H3,(H,14,15)/t9-,10-,11+,12?/m0/s1. The first kappa shape index (κ1) is 11.0. The largest absolute Gasteiger partial charge is 0.356 e. The molecule has 2 aliphatic carbocycles. The van der Waals surface area contributed by atoms with Gasteiger partial charge in [-0.1, -0.05) is 26.2 Å². The minimum absolute atomic E-state index is 0.232. The van der Waals surface area contributed by atoms with E-state index in [1.54, 1.807) is 0 Å². The number of nitrogens with one attached hydrogen (secondary N) is 1. The molecule has 2 aliphatic rings. The Kier molecular flexibility index (Phi) is 3.32. The van der Waals surface area contributed by atoms with Crippen LogP contribution in [0.1, 0.15) is 46.0 Å². The topological polar surface area (TPSA) is 29.1 Å². The summed E-state index contributed by atoms with van der Waals surface area (Å²) in [5, 5.41) is 2.95. The molecule has 0 aromatic rings. The van der Waals surface area contributed by atoms with E-state index in [9.17, 15) is 4.79 Å². The van der Waals surface area contributed by atoms with Gasteiger partial charge < -0.3 is 5.32 Å². The maximum atomic E-state index is 11.7. The molecule has 0 aromatic heterocycles. The van der Waals surface area contributed by atoms with Gasteiger partial charge in [0, 0.05) is 12.5 Å². The highest BCUT2D eigenvalue weighted by Gasteiger charge is 2.40. The molecule has 1 N–H and O–H groups in total. The molecule has 0 aromatic carbocycles. The van der Waals surface area contributed by atoms with Crippen molar-refractivity contribution in [3.8, 4) is 0 Å². The maximum absolute atomic E-state index is 11.7. The second-order valence-electron chi connectivity index (χ2n) is 5.37. The molecule has 0 saturated heterocycles. The first-order valence-electron chi connectivity index (χ1n) is 6.50. The molecular formula is C13H23NO. The van der Waals surface area contributed by atoms with Crippen LogP contribution in [0.3, 0.4) is 0 Å². The summed E-state index contributed by atoms with van der Waals surface area (Å²) in [5.74, 6) is 3.06. The highest BCUT2D eigenvalue weighted by Crippen LogP contribution is 2.48. The Balaban J connectivity index is 1.87. The fourth-order valence-corrected chi connectivity index (χ4v) is 3.57. The number of carbonyl (C=O) groups is 1. The fraction of sp³-hybridized carbons (Fsp3) is 0.923. The van der Waals surface area contributed by atoms with Gasteiger partial charge in [-0.15, -0.1) is 0 Å². The predicted molar refractivity (Wildman–Crippen MR) is 61.4 cm³/mol. The quantitative estimate of drug-likeness (QED) is 0.760. The van der Waals surface area contributed by atoms with Crippen LogP contribution in [-0.4, -0.2) is 12.5 Å². The van der Waals surface area contributed by atoms with Gasteiger partial charge in [-0.05, 0) is 37.5 Å². The molecule has 2 saturated carbocycles. The minimum atomic E-state index is 0.232. The van der Waals surface area contributed by atoms with Gasteiger partial charge in [-0.2, -0.15) is 0 Å². The van der Waals surface area contributed by atoms with Crippen LogP contribution >= 0.6 is 0 Å². The molecule has 4 atom stereocenters. The highest BCUT2D eigenvalue weighted by atomic mass is 16.1. The Labute approximate surface area is 92.8 Å². The van der Waals surface area contributed by atoms with Gasteiger partial charge in [-0.3, -0.25) is 4.79 Å². The third-order valence-corrected chi connectivity index (χ3v) is 4.50. The van der Waals surface area contributed by atoms with E-state index < -0.39 is 0 Å². The van der Waals surface area contributed by atoms with Crippen LogP contribution in [0.15, 0.2) is 0 Å². The molecule has 0 radical (unpaired) electrons. The third-order valence-electron chi connectivity index (χ3n) is 4.50. The number of rotatable bonds is 3. The summed E-state index contributed by atoms with van der Waals surface area (Å²) < 4.78 is 0. The average Bonchev–Trinajstić information content (AvgIpc) is 2.75. The summed E-state index contributed by atoms with van der Waals surface area (Å²) in [6, 6.07) is 0. The summed E-state index contributed by atoms with van der Waals surface area (Å²) in [7, 11) is 0. The van der Waals surface area contributed by atoms with Crippen LogP contribution in [0, 0.1) is 23.7 Å². The Morgan fingerprint density at radius 1 is 1.33 bits per heavy atom. The van der Waals surface area contributed by atoms with Gasteiger partial charge in [0.05, 0.1) is 0 Å². The lowest BCUT2D eigenvalue weighted by Crippen LogP contribution is -2.32. The zero-order valence-electron chi connectivity index (χ0n) is 9.96. The Bertz CT molecular complexity index is 227. The number of hydrogen-bond acceptors (Lipinski definition) is 1. The van der Waals surface area contributed by atoms with Crippen molar-refractivity contribution in [1.29, 1.82) is 0 Å². The fourth-order valence-electron chi connectivity index (χ4n) is 3.57. The molecule has 0 spiro atoms. The number of carbonyl (C=O) groups excluding carboxylic acids is 1. The van der Waals surface area contributed by atoms with Crippen molar-refractivity contribution in [2.75, 3.05) is 6.54 Å². The zero-order chi connectivity index (χ0) is 10.8. The van der Waals surface area contributed by atoms with Crippen LogP contribution in [0.25, 0.3) is 0 Å². The van der Waals surface area contributed by atoms with Gasteiger partial charge in [0.2, 0.25) is 5.91 Å². The second-order valence-corrected chi connectivity index (χ2v) is 5.37. The SMILES string of the molecule is CCNC(=O)[C@@H](C)C1C[C@H]2CCC[C@H]2C1. The minimum Gasteiger partial charge on any atom is -0.356 e. The van der Waals surface area contributed by atoms with Crippen LogP contribution in [0.2, 0.25) is 0 Å². The van der Waals surface area contributed by atoms with Crippen molar-refractivity contribution in [3.05, 3.63) is 0 Å². The Morgan fingerprint density at radius 3 is 2.47 bits per heavy atom. The van der Waals surface area contributed by atoms with E-state index in [1.165, 1.54) is 32.1 Å². The normalized spacial score (nSPS) is 36.3. The van der Waals surface area contributed by atoms with Gasteiger partial charge >= 0.3 is 0 Å². The van der Waals surface area contributed by atoms with Crippen molar-refractivity contribution in [1.82, 2.24) is 5.32 Å². The molecule has 2 heteroatoms. The van der Waals surface area contributed by atoms with E-state index in [1.807, 2.05) is 6.92 Å². The van der Waals surface area contributed by atoms with Gasteiger partial charge in [0.1, 0.15) is 0 Å². The molecule has 2 rings (SSSR count). The van der Waals surface area contributed by atoms with Gasteiger partial charge in [0.25, 0.3) is 0 Å². The van der Waals surface area contributed by atoms with Crippen molar-refractivity contribution in [3.63, 3.8) is 0 Å². The maximum Gasteiger partial charge on any atom is 0.223 e. The van der Waals surface area contributed by atoms with Crippen LogP contribution in [-0.2, 0) is 4.79 Å². The van der Waals surface area contributed by atoms with Gasteiger partial charge in [0.15, 0.2) is 0 Å². The summed E-state index contributed by atoms with van der Waals surface area (Å²) >= 11 is 0. The summed E-state index contributed by atoms with van der Waals surface area (Å²) in [6.07, 6.45) is 6.89. The number of hydrogen-bond donors (Lipinski definition) is 1. The molecule has 86 valence electrons. The lowest BCUT2D eigenvalue weighted by molar-refractivity contribution is -0.125. The van der Waals surface area contributed by atoms with Gasteiger partial charge in [-0.25, -0.2) is 0 Å². The molecular weight excluding hydrogens is 186 g/mol. The van der Waals surface area contributed by atoms with Crippen LogP contribution in [0.5, 0.6) is 0 Å². The van der Waals surface area contributed by atoms with E-state index >= 15 is 0 Å². The van der Waals surface area contributed by atoms with Crippen molar-refractivity contribution in [2.24, 2.45) is 23.7 Å². The third kappa shape index (κ3) is 2.19. The van der Waals surface area contributed by atoms with E-state index in [2.05, 4.69) is 12.2 Å². The second kappa shape index (κ2) is 4.54. The molecule has 15 heavy (non-hydrogen) atoms. The van der Waals surface area contributed by atoms with Crippen molar-refractivity contribution in [2.45, 2.75) is 46.0 Å². The zero-order valence-corrected chi connectivity index (χ0v) is 9.96. The summed E-state index contributed by atoms with van der Waals surface area (Å²) in [5.41, 5.74) is 0. The smallest absolute Gasteiger partial charge is 0.223 e.